The average molecular weight is 437 g/mol. The van der Waals surface area contributed by atoms with Gasteiger partial charge in [0, 0.05) is 37.0 Å². The fourth-order valence-corrected chi connectivity index (χ4v) is 5.72. The number of amides is 2. The third-order valence-corrected chi connectivity index (χ3v) is 7.65. The summed E-state index contributed by atoms with van der Waals surface area (Å²) in [5.74, 6) is 0.534. The minimum absolute atomic E-state index is 0.0686. The summed E-state index contributed by atoms with van der Waals surface area (Å²) in [7, 11) is 0. The molecule has 4 rings (SSSR count). The summed E-state index contributed by atoms with van der Waals surface area (Å²) < 4.78 is 0. The monoisotopic (exact) mass is 436 g/mol. The summed E-state index contributed by atoms with van der Waals surface area (Å²) in [6.07, 6.45) is 6.27. The molecule has 0 unspecified atom stereocenters. The van der Waals surface area contributed by atoms with E-state index in [2.05, 4.69) is 17.0 Å². The number of hydrogen-bond acceptors (Lipinski definition) is 3. The van der Waals surface area contributed by atoms with E-state index in [0.29, 0.717) is 19.0 Å². The lowest BCUT2D eigenvalue weighted by atomic mass is 9.94. The molecule has 4 nitrogen and oxygen atoms in total. The molecule has 0 radical (unpaired) electrons. The maximum Gasteiger partial charge on any atom is 0.240 e. The first-order valence-corrected chi connectivity index (χ1v) is 12.4. The zero-order valence-corrected chi connectivity index (χ0v) is 18.9. The van der Waals surface area contributed by atoms with Crippen LogP contribution in [0.4, 0.5) is 0 Å². The van der Waals surface area contributed by atoms with Gasteiger partial charge in [0.15, 0.2) is 0 Å². The van der Waals surface area contributed by atoms with Gasteiger partial charge in [0.25, 0.3) is 0 Å². The van der Waals surface area contributed by atoms with Crippen molar-refractivity contribution in [2.24, 2.45) is 5.92 Å². The Morgan fingerprint density at radius 1 is 0.742 bits per heavy atom. The van der Waals surface area contributed by atoms with Gasteiger partial charge >= 0.3 is 0 Å². The number of nitrogens with zero attached hydrogens (tertiary/aromatic N) is 2. The van der Waals surface area contributed by atoms with Gasteiger partial charge in [-0.25, -0.2) is 0 Å². The Morgan fingerprint density at radius 3 is 1.94 bits per heavy atom. The summed E-state index contributed by atoms with van der Waals surface area (Å²) in [6.45, 7) is 3.15. The molecule has 0 aliphatic carbocycles. The van der Waals surface area contributed by atoms with Crippen LogP contribution in [0.25, 0.3) is 0 Å². The molecular formula is C26H32N2O2S. The second-order valence-corrected chi connectivity index (χ2v) is 9.74. The summed E-state index contributed by atoms with van der Waals surface area (Å²) in [4.78, 5) is 31.7. The van der Waals surface area contributed by atoms with Crippen molar-refractivity contribution >= 4 is 23.6 Å². The lowest BCUT2D eigenvalue weighted by Gasteiger charge is -2.35. The summed E-state index contributed by atoms with van der Waals surface area (Å²) >= 11 is 1.61. The van der Waals surface area contributed by atoms with E-state index in [1.165, 1.54) is 12.8 Å². The van der Waals surface area contributed by atoms with E-state index >= 15 is 0 Å². The highest BCUT2D eigenvalue weighted by molar-refractivity contribution is 8.00. The lowest BCUT2D eigenvalue weighted by molar-refractivity contribution is -0.140. The Hall–Kier alpha value is -2.27. The van der Waals surface area contributed by atoms with E-state index in [1.807, 2.05) is 53.4 Å². The van der Waals surface area contributed by atoms with Gasteiger partial charge < -0.3 is 9.80 Å². The molecule has 0 aromatic heterocycles. The Balaban J connectivity index is 1.41. The quantitative estimate of drug-likeness (QED) is 0.608. The minimum atomic E-state index is -0.263. The first-order valence-electron chi connectivity index (χ1n) is 11.6. The maximum atomic E-state index is 13.5. The van der Waals surface area contributed by atoms with Gasteiger partial charge in [-0.1, -0.05) is 61.4 Å². The predicted molar refractivity (Wildman–Crippen MR) is 126 cm³/mol. The number of rotatable bonds is 5. The van der Waals surface area contributed by atoms with Crippen molar-refractivity contribution in [2.75, 3.05) is 26.2 Å². The van der Waals surface area contributed by atoms with Crippen LogP contribution in [-0.4, -0.2) is 47.8 Å². The third-order valence-electron chi connectivity index (χ3n) is 6.40. The van der Waals surface area contributed by atoms with Crippen LogP contribution in [0.1, 0.15) is 49.3 Å². The van der Waals surface area contributed by atoms with Crippen LogP contribution in [0.15, 0.2) is 65.6 Å². The molecule has 5 heteroatoms. The molecule has 0 saturated carbocycles. The Bertz CT molecular complexity index is 842. The lowest BCUT2D eigenvalue weighted by Crippen LogP contribution is -2.45. The zero-order chi connectivity index (χ0) is 21.5. The van der Waals surface area contributed by atoms with E-state index in [4.69, 9.17) is 0 Å². The summed E-state index contributed by atoms with van der Waals surface area (Å²) in [5.41, 5.74) is 1.03. The number of carbonyl (C=O) groups is 2. The van der Waals surface area contributed by atoms with Crippen LogP contribution < -0.4 is 0 Å². The van der Waals surface area contributed by atoms with Crippen molar-refractivity contribution in [1.29, 1.82) is 0 Å². The number of hydrogen-bond donors (Lipinski definition) is 0. The Morgan fingerprint density at radius 2 is 1.32 bits per heavy atom. The van der Waals surface area contributed by atoms with Crippen molar-refractivity contribution in [3.8, 4) is 0 Å². The molecule has 0 spiro atoms. The molecular weight excluding hydrogens is 404 g/mol. The molecule has 2 aliphatic heterocycles. The number of piperidine rings is 1. The van der Waals surface area contributed by atoms with E-state index in [-0.39, 0.29) is 17.1 Å². The van der Waals surface area contributed by atoms with Gasteiger partial charge in [-0.2, -0.15) is 0 Å². The molecule has 164 valence electrons. The Labute approximate surface area is 190 Å². The molecule has 2 aromatic rings. The zero-order valence-electron chi connectivity index (χ0n) is 18.1. The summed E-state index contributed by atoms with van der Waals surface area (Å²) in [6, 6.07) is 20.2. The first kappa shape index (κ1) is 21.9. The number of benzene rings is 2. The second-order valence-electron chi connectivity index (χ2n) is 8.56. The Kier molecular flexibility index (Phi) is 7.68. The molecule has 2 saturated heterocycles. The normalized spacial score (nSPS) is 19.0. The van der Waals surface area contributed by atoms with Gasteiger partial charge in [-0.05, 0) is 43.4 Å². The minimum Gasteiger partial charge on any atom is -0.342 e. The fourth-order valence-electron chi connectivity index (χ4n) is 4.59. The summed E-state index contributed by atoms with van der Waals surface area (Å²) in [5, 5.41) is -0.263. The van der Waals surface area contributed by atoms with Crippen molar-refractivity contribution in [2.45, 2.75) is 48.7 Å². The van der Waals surface area contributed by atoms with Crippen LogP contribution in [-0.2, 0) is 9.59 Å². The molecule has 0 N–H and O–H groups in total. The van der Waals surface area contributed by atoms with Gasteiger partial charge in [-0.3, -0.25) is 9.59 Å². The van der Waals surface area contributed by atoms with Crippen LogP contribution in [0, 0.1) is 5.92 Å². The topological polar surface area (TPSA) is 40.6 Å². The highest BCUT2D eigenvalue weighted by Crippen LogP contribution is 2.37. The SMILES string of the molecule is O=C(C1CCN(C(=O)[C@@H](Sc2ccccc2)c2ccccc2)CC1)N1CCCCCC1. The van der Waals surface area contributed by atoms with E-state index in [1.54, 1.807) is 11.8 Å². The van der Waals surface area contributed by atoms with Crippen molar-refractivity contribution in [1.82, 2.24) is 9.80 Å². The van der Waals surface area contributed by atoms with Gasteiger partial charge in [0.1, 0.15) is 5.25 Å². The van der Waals surface area contributed by atoms with Gasteiger partial charge in [0.2, 0.25) is 11.8 Å². The largest absolute Gasteiger partial charge is 0.342 e. The second kappa shape index (κ2) is 10.9. The number of carbonyl (C=O) groups excluding carboxylic acids is 2. The van der Waals surface area contributed by atoms with Crippen LogP contribution in [0.5, 0.6) is 0 Å². The average Bonchev–Trinajstić information content (AvgIpc) is 3.13. The molecule has 2 amide bonds. The number of likely N-dealkylation sites (tertiary alicyclic amines) is 2. The highest BCUT2D eigenvalue weighted by atomic mass is 32.2. The van der Waals surface area contributed by atoms with Crippen LogP contribution >= 0.6 is 11.8 Å². The molecule has 2 heterocycles. The van der Waals surface area contributed by atoms with Crippen molar-refractivity contribution in [3.05, 3.63) is 66.2 Å². The van der Waals surface area contributed by atoms with Crippen LogP contribution in [0.3, 0.4) is 0 Å². The third kappa shape index (κ3) is 5.70. The predicted octanol–water partition coefficient (Wildman–Crippen LogP) is 5.16. The van der Waals surface area contributed by atoms with Crippen LogP contribution in [0.2, 0.25) is 0 Å². The molecule has 0 bridgehead atoms. The molecule has 2 aromatic carbocycles. The molecule has 2 fully saturated rings. The van der Waals surface area contributed by atoms with Gasteiger partial charge in [0.05, 0.1) is 0 Å². The smallest absolute Gasteiger partial charge is 0.240 e. The highest BCUT2D eigenvalue weighted by Gasteiger charge is 2.33. The van der Waals surface area contributed by atoms with E-state index in [9.17, 15) is 9.59 Å². The van der Waals surface area contributed by atoms with Crippen molar-refractivity contribution in [3.63, 3.8) is 0 Å². The van der Waals surface area contributed by atoms with E-state index < -0.39 is 0 Å². The molecule has 1 atom stereocenters. The molecule has 2 aliphatic rings. The van der Waals surface area contributed by atoms with Gasteiger partial charge in [-0.15, -0.1) is 11.8 Å². The van der Waals surface area contributed by atoms with E-state index in [0.717, 1.165) is 49.2 Å². The fraction of sp³-hybridized carbons (Fsp3) is 0.462. The molecule has 31 heavy (non-hydrogen) atoms. The van der Waals surface area contributed by atoms with Crippen molar-refractivity contribution < 1.29 is 9.59 Å². The maximum absolute atomic E-state index is 13.5. The number of thioether (sulfide) groups is 1. The standard InChI is InChI=1S/C26H32N2O2S/c29-25(27-17-9-1-2-10-18-27)22-15-19-28(20-16-22)26(30)24(21-11-5-3-6-12-21)31-23-13-7-4-8-14-23/h3-8,11-14,22,24H,1-2,9-10,15-20H2/t24-/m0/s1. The first-order chi connectivity index (χ1) is 15.2.